The molecule has 0 unspecified atom stereocenters. The average molecular weight is 398 g/mol. The van der Waals surface area contributed by atoms with E-state index in [1.54, 1.807) is 12.1 Å². The van der Waals surface area contributed by atoms with Crippen LogP contribution in [0.1, 0.15) is 25.2 Å². The number of hydrogen-bond donors (Lipinski definition) is 2. The molecule has 2 N–H and O–H groups in total. The summed E-state index contributed by atoms with van der Waals surface area (Å²) < 4.78 is 1.88. The number of quaternary nitrogens is 1. The quantitative estimate of drug-likeness (QED) is 0.612. The minimum Gasteiger partial charge on any atom is -0.507 e. The third kappa shape index (κ3) is 4.80. The summed E-state index contributed by atoms with van der Waals surface area (Å²) >= 11 is 6.23. The molecule has 0 radical (unpaired) electrons. The van der Waals surface area contributed by atoms with Gasteiger partial charge in [0.2, 0.25) is 0 Å². The van der Waals surface area contributed by atoms with Gasteiger partial charge in [-0.05, 0) is 49.8 Å². The lowest BCUT2D eigenvalue weighted by molar-refractivity contribution is -0.897. The van der Waals surface area contributed by atoms with Gasteiger partial charge in [0, 0.05) is 5.02 Å². The lowest BCUT2D eigenvalue weighted by atomic mass is 10.2. The van der Waals surface area contributed by atoms with E-state index in [0.717, 1.165) is 31.7 Å². The Bertz CT molecular complexity index is 947. The Morgan fingerprint density at radius 1 is 1.04 bits per heavy atom. The number of aromatic nitrogens is 3. The first-order valence-corrected chi connectivity index (χ1v) is 9.99. The largest absolute Gasteiger partial charge is 0.507 e. The van der Waals surface area contributed by atoms with Gasteiger partial charge in [0.05, 0.1) is 31.7 Å². The van der Waals surface area contributed by atoms with E-state index >= 15 is 0 Å². The van der Waals surface area contributed by atoms with Crippen LogP contribution in [0, 0.1) is 0 Å². The van der Waals surface area contributed by atoms with Crippen LogP contribution in [0.2, 0.25) is 5.02 Å². The topological polar surface area (TPSA) is 55.4 Å². The van der Waals surface area contributed by atoms with Gasteiger partial charge in [0.1, 0.15) is 5.75 Å². The monoisotopic (exact) mass is 397 g/mol. The molecule has 0 fully saturated rings. The minimum atomic E-state index is 0.202. The van der Waals surface area contributed by atoms with Crippen molar-refractivity contribution in [3.63, 3.8) is 0 Å². The number of nitrogens with zero attached hydrogens (tertiary/aromatic N) is 3. The van der Waals surface area contributed by atoms with Crippen molar-refractivity contribution in [2.45, 2.75) is 20.4 Å². The molecule has 3 aromatic rings. The van der Waals surface area contributed by atoms with Gasteiger partial charge in [-0.3, -0.25) is 0 Å². The number of likely N-dealkylation sites (N-methyl/N-ethyl adjacent to an activating group) is 1. The molecule has 0 bridgehead atoms. The maximum absolute atomic E-state index is 10.3. The number of halogens is 1. The van der Waals surface area contributed by atoms with E-state index < -0.39 is 0 Å². The van der Waals surface area contributed by atoms with Gasteiger partial charge < -0.3 is 10.0 Å². The van der Waals surface area contributed by atoms with E-state index in [9.17, 15) is 5.11 Å². The molecule has 2 aromatic carbocycles. The van der Waals surface area contributed by atoms with Crippen molar-refractivity contribution in [1.29, 1.82) is 0 Å². The van der Waals surface area contributed by atoms with E-state index in [0.29, 0.717) is 22.2 Å². The number of hydrogen-bond acceptors (Lipinski definition) is 3. The molecule has 0 saturated carbocycles. The predicted molar refractivity (Wildman–Crippen MR) is 114 cm³/mol. The first kappa shape index (κ1) is 20.1. The van der Waals surface area contributed by atoms with Crippen molar-refractivity contribution in [1.82, 2.24) is 14.8 Å². The molecule has 1 heterocycles. The fraction of sp³-hybridized carbons (Fsp3) is 0.273. The molecule has 6 heteroatoms. The summed E-state index contributed by atoms with van der Waals surface area (Å²) in [6.07, 6.45) is 3.76. The van der Waals surface area contributed by atoms with E-state index in [4.69, 9.17) is 11.6 Å². The van der Waals surface area contributed by atoms with Gasteiger partial charge in [-0.25, -0.2) is 9.67 Å². The summed E-state index contributed by atoms with van der Waals surface area (Å²) in [5.74, 6) is 1.46. The summed E-state index contributed by atoms with van der Waals surface area (Å²) in [5.41, 5.74) is 1.60. The summed E-state index contributed by atoms with van der Waals surface area (Å²) in [6, 6.07) is 14.9. The third-order valence-corrected chi connectivity index (χ3v) is 5.17. The highest BCUT2D eigenvalue weighted by Gasteiger charge is 2.15. The SMILES string of the molecule is CC[NH+](CC)CCn1nc(/C=C/c2ccccc2Cl)nc1-c1ccccc1O. The summed E-state index contributed by atoms with van der Waals surface area (Å²) in [5, 5.41) is 15.6. The maximum atomic E-state index is 10.3. The first-order valence-electron chi connectivity index (χ1n) is 9.61. The molecule has 0 spiro atoms. The smallest absolute Gasteiger partial charge is 0.174 e. The molecule has 0 aliphatic heterocycles. The molecule has 0 aliphatic carbocycles. The van der Waals surface area contributed by atoms with Gasteiger partial charge in [0.25, 0.3) is 0 Å². The van der Waals surface area contributed by atoms with Crippen LogP contribution in [0.3, 0.4) is 0 Å². The molecule has 146 valence electrons. The average Bonchev–Trinajstić information content (AvgIpc) is 3.11. The van der Waals surface area contributed by atoms with E-state index in [1.165, 1.54) is 4.90 Å². The van der Waals surface area contributed by atoms with Gasteiger partial charge >= 0.3 is 0 Å². The number of benzene rings is 2. The first-order chi connectivity index (χ1) is 13.6. The Morgan fingerprint density at radius 2 is 1.75 bits per heavy atom. The standard InChI is InChI=1S/C22H25ClN4O/c1-3-26(4-2)15-16-27-22(18-10-6-8-12-20(18)28)24-21(25-27)14-13-17-9-5-7-11-19(17)23/h5-14,28H,3-4,15-16H2,1-2H3/p+1/b14-13+. The van der Waals surface area contributed by atoms with E-state index in [1.807, 2.05) is 53.2 Å². The number of phenols is 1. The molecule has 0 saturated heterocycles. The molecule has 0 amide bonds. The Hall–Kier alpha value is -2.63. The Balaban J connectivity index is 1.93. The van der Waals surface area contributed by atoms with E-state index in [-0.39, 0.29) is 5.75 Å². The number of rotatable bonds is 8. The Kier molecular flexibility index (Phi) is 6.85. The Morgan fingerprint density at radius 3 is 2.46 bits per heavy atom. The highest BCUT2D eigenvalue weighted by molar-refractivity contribution is 6.32. The van der Waals surface area contributed by atoms with Crippen LogP contribution in [0.5, 0.6) is 5.75 Å². The lowest BCUT2D eigenvalue weighted by Gasteiger charge is -2.15. The van der Waals surface area contributed by atoms with Crippen molar-refractivity contribution in [2.24, 2.45) is 0 Å². The van der Waals surface area contributed by atoms with Crippen LogP contribution in [-0.2, 0) is 6.54 Å². The highest BCUT2D eigenvalue weighted by atomic mass is 35.5. The second-order valence-electron chi connectivity index (χ2n) is 6.60. The highest BCUT2D eigenvalue weighted by Crippen LogP contribution is 2.27. The van der Waals surface area contributed by atoms with Gasteiger partial charge in [-0.15, -0.1) is 0 Å². The number of aromatic hydroxyl groups is 1. The third-order valence-electron chi connectivity index (χ3n) is 4.83. The van der Waals surface area contributed by atoms with Crippen LogP contribution in [0.4, 0.5) is 0 Å². The number of para-hydroxylation sites is 1. The number of phenolic OH excluding ortho intramolecular Hbond substituents is 1. The summed E-state index contributed by atoms with van der Waals surface area (Å²) in [6.45, 7) is 8.18. The fourth-order valence-electron chi connectivity index (χ4n) is 3.09. The number of nitrogens with one attached hydrogen (secondary N) is 1. The normalized spacial score (nSPS) is 11.6. The molecular formula is C22H26ClN4O+. The zero-order valence-corrected chi connectivity index (χ0v) is 17.0. The zero-order valence-electron chi connectivity index (χ0n) is 16.3. The predicted octanol–water partition coefficient (Wildman–Crippen LogP) is 3.40. The summed E-state index contributed by atoms with van der Waals surface area (Å²) in [7, 11) is 0. The summed E-state index contributed by atoms with van der Waals surface area (Å²) in [4.78, 5) is 6.16. The van der Waals surface area contributed by atoms with E-state index in [2.05, 4.69) is 23.9 Å². The van der Waals surface area contributed by atoms with Crippen LogP contribution in [0.25, 0.3) is 23.5 Å². The molecule has 3 rings (SSSR count). The minimum absolute atomic E-state index is 0.202. The second-order valence-corrected chi connectivity index (χ2v) is 7.00. The maximum Gasteiger partial charge on any atom is 0.174 e. The van der Waals surface area contributed by atoms with Crippen molar-refractivity contribution in [3.8, 4) is 17.1 Å². The van der Waals surface area contributed by atoms with Gasteiger partial charge in [-0.1, -0.05) is 41.9 Å². The molecule has 5 nitrogen and oxygen atoms in total. The van der Waals surface area contributed by atoms with Crippen LogP contribution < -0.4 is 4.90 Å². The van der Waals surface area contributed by atoms with Crippen LogP contribution in [-0.4, -0.2) is 39.5 Å². The van der Waals surface area contributed by atoms with Crippen molar-refractivity contribution < 1.29 is 10.0 Å². The second kappa shape index (κ2) is 9.53. The van der Waals surface area contributed by atoms with Crippen molar-refractivity contribution in [3.05, 3.63) is 64.9 Å². The van der Waals surface area contributed by atoms with Crippen molar-refractivity contribution in [2.75, 3.05) is 19.6 Å². The molecular weight excluding hydrogens is 372 g/mol. The Labute approximate surface area is 170 Å². The van der Waals surface area contributed by atoms with Crippen molar-refractivity contribution >= 4 is 23.8 Å². The molecule has 0 atom stereocenters. The van der Waals surface area contributed by atoms with Crippen LogP contribution in [0.15, 0.2) is 48.5 Å². The van der Waals surface area contributed by atoms with Crippen LogP contribution >= 0.6 is 11.6 Å². The molecule has 28 heavy (non-hydrogen) atoms. The van der Waals surface area contributed by atoms with Gasteiger partial charge in [0.15, 0.2) is 11.6 Å². The lowest BCUT2D eigenvalue weighted by Crippen LogP contribution is -3.11. The molecule has 1 aromatic heterocycles. The zero-order chi connectivity index (χ0) is 19.9. The fourth-order valence-corrected chi connectivity index (χ4v) is 3.29. The van der Waals surface area contributed by atoms with Gasteiger partial charge in [-0.2, -0.15) is 5.10 Å². The molecule has 0 aliphatic rings.